The van der Waals surface area contributed by atoms with E-state index in [1.165, 1.54) is 13.2 Å². The summed E-state index contributed by atoms with van der Waals surface area (Å²) in [5.41, 5.74) is 5.82. The van der Waals surface area contributed by atoms with Gasteiger partial charge >= 0.3 is 0 Å². The highest BCUT2D eigenvalue weighted by Crippen LogP contribution is 2.42. The minimum Gasteiger partial charge on any atom is -0.493 e. The fourth-order valence-corrected chi connectivity index (χ4v) is 2.97. The Morgan fingerprint density at radius 1 is 1.43 bits per heavy atom. The number of hydrogen-bond donors (Lipinski definition) is 1. The van der Waals surface area contributed by atoms with Crippen molar-refractivity contribution in [1.29, 1.82) is 0 Å². The zero-order chi connectivity index (χ0) is 15.8. The van der Waals surface area contributed by atoms with Gasteiger partial charge < -0.3 is 10.5 Å². The Morgan fingerprint density at radius 2 is 2.10 bits per heavy atom. The van der Waals surface area contributed by atoms with Crippen LogP contribution >= 0.6 is 0 Å². The standard InChI is InChI=1S/C15H21F3N2O/c1-15(17,18)10-5-11(14(21-3)12(16)6-10)13-4-9(7-19)8-20(13)2/h5-6,9,13H,4,7-8,19H2,1-3H3. The SMILES string of the molecule is COc1c(F)cc(C(C)(F)F)cc1C1CC(CN)CN1C. The summed E-state index contributed by atoms with van der Waals surface area (Å²) < 4.78 is 46.3. The molecule has 0 amide bonds. The molecule has 2 atom stereocenters. The average molecular weight is 302 g/mol. The third-order valence-corrected chi connectivity index (χ3v) is 4.11. The quantitative estimate of drug-likeness (QED) is 0.929. The topological polar surface area (TPSA) is 38.5 Å². The van der Waals surface area contributed by atoms with Crippen LogP contribution in [0.4, 0.5) is 13.2 Å². The number of nitrogens with zero attached hydrogens (tertiary/aromatic N) is 1. The van der Waals surface area contributed by atoms with Gasteiger partial charge in [-0.1, -0.05) is 0 Å². The molecule has 1 aromatic rings. The third-order valence-electron chi connectivity index (χ3n) is 4.11. The highest BCUT2D eigenvalue weighted by Gasteiger charge is 2.35. The van der Waals surface area contributed by atoms with Crippen LogP contribution in [0.2, 0.25) is 0 Å². The zero-order valence-corrected chi connectivity index (χ0v) is 12.5. The predicted octanol–water partition coefficient (Wildman–Crippen LogP) is 2.90. The van der Waals surface area contributed by atoms with Crippen LogP contribution in [-0.2, 0) is 5.92 Å². The number of rotatable bonds is 4. The first kappa shape index (κ1) is 16.1. The van der Waals surface area contributed by atoms with E-state index in [-0.39, 0.29) is 23.3 Å². The minimum absolute atomic E-state index is 0.0394. The van der Waals surface area contributed by atoms with Crippen LogP contribution in [0.3, 0.4) is 0 Å². The molecule has 1 aliphatic rings. The van der Waals surface area contributed by atoms with Gasteiger partial charge in [-0.05, 0) is 38.1 Å². The molecule has 0 spiro atoms. The molecular weight excluding hydrogens is 281 g/mol. The Labute approximate surface area is 122 Å². The molecule has 1 heterocycles. The van der Waals surface area contributed by atoms with E-state index < -0.39 is 11.7 Å². The van der Waals surface area contributed by atoms with Gasteiger partial charge in [0.05, 0.1) is 7.11 Å². The lowest BCUT2D eigenvalue weighted by molar-refractivity contribution is 0.0169. The van der Waals surface area contributed by atoms with Crippen molar-refractivity contribution in [2.24, 2.45) is 11.7 Å². The van der Waals surface area contributed by atoms with Crippen molar-refractivity contribution in [3.63, 3.8) is 0 Å². The van der Waals surface area contributed by atoms with Crippen molar-refractivity contribution >= 4 is 0 Å². The summed E-state index contributed by atoms with van der Waals surface area (Å²) in [4.78, 5) is 2.01. The third kappa shape index (κ3) is 3.16. The molecule has 0 aliphatic carbocycles. The molecule has 6 heteroatoms. The lowest BCUT2D eigenvalue weighted by Gasteiger charge is -2.24. The van der Waals surface area contributed by atoms with Crippen molar-refractivity contribution in [3.8, 4) is 5.75 Å². The van der Waals surface area contributed by atoms with E-state index in [0.717, 1.165) is 19.5 Å². The van der Waals surface area contributed by atoms with Crippen molar-refractivity contribution in [2.45, 2.75) is 25.3 Å². The van der Waals surface area contributed by atoms with Gasteiger partial charge in [-0.2, -0.15) is 0 Å². The van der Waals surface area contributed by atoms with Gasteiger partial charge in [-0.15, -0.1) is 0 Å². The number of halogens is 3. The first-order valence-corrected chi connectivity index (χ1v) is 6.94. The van der Waals surface area contributed by atoms with E-state index in [1.54, 1.807) is 0 Å². The maximum atomic E-state index is 14.1. The molecule has 0 saturated carbocycles. The molecule has 2 unspecified atom stereocenters. The highest BCUT2D eigenvalue weighted by atomic mass is 19.3. The van der Waals surface area contributed by atoms with Gasteiger partial charge in [-0.3, -0.25) is 4.90 Å². The van der Waals surface area contributed by atoms with E-state index in [4.69, 9.17) is 10.5 Å². The van der Waals surface area contributed by atoms with E-state index in [0.29, 0.717) is 18.5 Å². The van der Waals surface area contributed by atoms with Crippen molar-refractivity contribution in [3.05, 3.63) is 29.1 Å². The number of benzene rings is 1. The first-order chi connectivity index (χ1) is 9.77. The lowest BCUT2D eigenvalue weighted by Crippen LogP contribution is -2.21. The number of ether oxygens (including phenoxy) is 1. The molecule has 118 valence electrons. The minimum atomic E-state index is -3.09. The molecule has 0 aromatic heterocycles. The summed E-state index contributed by atoms with van der Waals surface area (Å²) in [6, 6.07) is 2.03. The average Bonchev–Trinajstić information content (AvgIpc) is 2.78. The smallest absolute Gasteiger partial charge is 0.270 e. The largest absolute Gasteiger partial charge is 0.493 e. The van der Waals surface area contributed by atoms with Crippen LogP contribution in [0.5, 0.6) is 5.75 Å². The Hall–Kier alpha value is -1.27. The van der Waals surface area contributed by atoms with Crippen LogP contribution < -0.4 is 10.5 Å². The van der Waals surface area contributed by atoms with E-state index in [1.807, 2.05) is 11.9 Å². The van der Waals surface area contributed by atoms with Gasteiger partial charge in [0.15, 0.2) is 11.6 Å². The molecule has 1 aliphatic heterocycles. The van der Waals surface area contributed by atoms with E-state index >= 15 is 0 Å². The molecule has 1 aromatic carbocycles. The Morgan fingerprint density at radius 3 is 2.57 bits per heavy atom. The van der Waals surface area contributed by atoms with Crippen LogP contribution in [0, 0.1) is 11.7 Å². The fraction of sp³-hybridized carbons (Fsp3) is 0.600. The Balaban J connectivity index is 2.48. The molecule has 2 rings (SSSR count). The summed E-state index contributed by atoms with van der Waals surface area (Å²) in [5.74, 6) is -3.53. The van der Waals surface area contributed by atoms with Gasteiger partial charge in [-0.25, -0.2) is 13.2 Å². The van der Waals surface area contributed by atoms with E-state index in [2.05, 4.69) is 0 Å². The molecule has 21 heavy (non-hydrogen) atoms. The zero-order valence-electron chi connectivity index (χ0n) is 12.5. The van der Waals surface area contributed by atoms with Crippen LogP contribution in [-0.4, -0.2) is 32.1 Å². The number of likely N-dealkylation sites (tertiary alicyclic amines) is 1. The second-order valence-corrected chi connectivity index (χ2v) is 5.76. The molecule has 2 N–H and O–H groups in total. The molecule has 0 radical (unpaired) electrons. The first-order valence-electron chi connectivity index (χ1n) is 6.94. The Kier molecular flexibility index (Phi) is 4.49. The number of hydrogen-bond acceptors (Lipinski definition) is 3. The van der Waals surface area contributed by atoms with Crippen LogP contribution in [0.25, 0.3) is 0 Å². The van der Waals surface area contributed by atoms with E-state index in [9.17, 15) is 13.2 Å². The van der Waals surface area contributed by atoms with Crippen molar-refractivity contribution in [1.82, 2.24) is 4.90 Å². The Bertz CT molecular complexity index is 516. The summed E-state index contributed by atoms with van der Waals surface area (Å²) >= 11 is 0. The van der Waals surface area contributed by atoms with Crippen molar-refractivity contribution < 1.29 is 17.9 Å². The normalized spacial score (nSPS) is 23.6. The van der Waals surface area contributed by atoms with Crippen LogP contribution in [0.1, 0.15) is 30.5 Å². The monoisotopic (exact) mass is 302 g/mol. The number of alkyl halides is 2. The van der Waals surface area contributed by atoms with Crippen molar-refractivity contribution in [2.75, 3.05) is 27.2 Å². The lowest BCUT2D eigenvalue weighted by atomic mass is 9.95. The summed E-state index contributed by atoms with van der Waals surface area (Å²) in [6.07, 6.45) is 0.710. The van der Waals surface area contributed by atoms with Gasteiger partial charge in [0, 0.05) is 30.6 Å². The maximum Gasteiger partial charge on any atom is 0.270 e. The number of methoxy groups -OCH3 is 1. The summed E-state index contributed by atoms with van der Waals surface area (Å²) in [6.45, 7) is 2.05. The summed E-state index contributed by atoms with van der Waals surface area (Å²) in [5, 5.41) is 0. The maximum absolute atomic E-state index is 14.1. The van der Waals surface area contributed by atoms with Gasteiger partial charge in [0.1, 0.15) is 0 Å². The van der Waals surface area contributed by atoms with Gasteiger partial charge in [0.25, 0.3) is 5.92 Å². The highest BCUT2D eigenvalue weighted by molar-refractivity contribution is 5.42. The van der Waals surface area contributed by atoms with Crippen LogP contribution in [0.15, 0.2) is 12.1 Å². The molecule has 3 nitrogen and oxygen atoms in total. The molecule has 0 bridgehead atoms. The number of nitrogens with two attached hydrogens (primary N) is 1. The molecular formula is C15H21F3N2O. The second kappa shape index (κ2) is 5.85. The molecule has 1 fully saturated rings. The summed E-state index contributed by atoms with van der Waals surface area (Å²) in [7, 11) is 3.23. The van der Waals surface area contributed by atoms with Gasteiger partial charge in [0.2, 0.25) is 0 Å². The molecule has 1 saturated heterocycles. The fourth-order valence-electron chi connectivity index (χ4n) is 2.97. The second-order valence-electron chi connectivity index (χ2n) is 5.76. The predicted molar refractivity (Wildman–Crippen MR) is 75.1 cm³/mol.